The molecule has 1 aromatic heterocycles. The van der Waals surface area contributed by atoms with Crippen LogP contribution < -0.4 is 14.8 Å². The van der Waals surface area contributed by atoms with E-state index in [2.05, 4.69) is 22.4 Å². The normalized spacial score (nSPS) is 11.5. The van der Waals surface area contributed by atoms with Crippen molar-refractivity contribution in [2.45, 2.75) is 12.3 Å². The minimum absolute atomic E-state index is 0.0405. The number of nitriles is 1. The van der Waals surface area contributed by atoms with Crippen molar-refractivity contribution in [3.63, 3.8) is 0 Å². The van der Waals surface area contributed by atoms with Crippen molar-refractivity contribution >= 4 is 16.8 Å². The number of aromatic amines is 1. The minimum atomic E-state index is -0.200. The molecule has 0 bridgehead atoms. The number of para-hydroxylation sites is 1. The van der Waals surface area contributed by atoms with Crippen LogP contribution >= 0.6 is 0 Å². The second kappa shape index (κ2) is 10.4. The maximum atomic E-state index is 12.5. The third-order valence-corrected chi connectivity index (χ3v) is 5.59. The van der Waals surface area contributed by atoms with E-state index in [0.29, 0.717) is 18.7 Å². The van der Waals surface area contributed by atoms with E-state index in [1.165, 1.54) is 0 Å². The molecular formula is C27H25N3O3. The van der Waals surface area contributed by atoms with Crippen molar-refractivity contribution in [2.75, 3.05) is 20.3 Å². The zero-order valence-corrected chi connectivity index (χ0v) is 18.4. The highest BCUT2D eigenvalue weighted by Gasteiger charge is 2.19. The zero-order valence-electron chi connectivity index (χ0n) is 18.4. The van der Waals surface area contributed by atoms with E-state index in [1.54, 1.807) is 19.2 Å². The van der Waals surface area contributed by atoms with Gasteiger partial charge in [-0.3, -0.25) is 4.79 Å². The summed E-state index contributed by atoms with van der Waals surface area (Å²) in [5, 5.41) is 12.9. The number of hydrogen-bond acceptors (Lipinski definition) is 4. The fraction of sp³-hybridized carbons (Fsp3) is 0.185. The first-order valence-corrected chi connectivity index (χ1v) is 10.7. The SMILES string of the molecule is COc1ccc(C(CNC(=O)COc2ccc(CC#N)cc2)c2c[nH]c3ccccc23)cc1. The molecule has 0 fully saturated rings. The fourth-order valence-electron chi connectivity index (χ4n) is 3.84. The lowest BCUT2D eigenvalue weighted by molar-refractivity contribution is -0.123. The van der Waals surface area contributed by atoms with Crippen LogP contribution in [0.2, 0.25) is 0 Å². The summed E-state index contributed by atoms with van der Waals surface area (Å²) in [6, 6.07) is 25.3. The molecule has 4 aromatic rings. The first-order valence-electron chi connectivity index (χ1n) is 10.7. The molecule has 0 spiro atoms. The van der Waals surface area contributed by atoms with Crippen LogP contribution in [-0.2, 0) is 11.2 Å². The topological polar surface area (TPSA) is 87.1 Å². The number of amides is 1. The Bertz CT molecular complexity index is 1250. The molecule has 0 saturated carbocycles. The van der Waals surface area contributed by atoms with E-state index in [-0.39, 0.29) is 18.4 Å². The van der Waals surface area contributed by atoms with Gasteiger partial charge in [0.25, 0.3) is 5.91 Å². The molecular weight excluding hydrogens is 414 g/mol. The number of ether oxygens (including phenoxy) is 2. The van der Waals surface area contributed by atoms with Crippen LogP contribution in [0.5, 0.6) is 11.5 Å². The lowest BCUT2D eigenvalue weighted by Crippen LogP contribution is -2.32. The molecule has 6 nitrogen and oxygen atoms in total. The predicted octanol–water partition coefficient (Wildman–Crippen LogP) is 4.57. The Kier molecular flexibility index (Phi) is 6.91. The van der Waals surface area contributed by atoms with Gasteiger partial charge >= 0.3 is 0 Å². The average molecular weight is 440 g/mol. The van der Waals surface area contributed by atoms with E-state index in [4.69, 9.17) is 14.7 Å². The molecule has 0 aliphatic carbocycles. The molecule has 0 aliphatic rings. The molecule has 0 aliphatic heterocycles. The number of nitrogens with zero attached hydrogens (tertiary/aromatic N) is 1. The molecule has 166 valence electrons. The predicted molar refractivity (Wildman–Crippen MR) is 127 cm³/mol. The summed E-state index contributed by atoms with van der Waals surface area (Å²) in [6.07, 6.45) is 2.35. The van der Waals surface area contributed by atoms with Crippen LogP contribution in [0.4, 0.5) is 0 Å². The standard InChI is InChI=1S/C27H25N3O3/c1-32-21-12-8-20(9-13-21)24(25-17-29-26-5-3-2-4-23(25)26)16-30-27(31)18-33-22-10-6-19(7-11-22)14-15-28/h2-13,17,24,29H,14,16,18H2,1H3,(H,30,31). The molecule has 2 N–H and O–H groups in total. The number of benzene rings is 3. The molecule has 0 radical (unpaired) electrons. The van der Waals surface area contributed by atoms with E-state index < -0.39 is 0 Å². The molecule has 1 atom stereocenters. The monoisotopic (exact) mass is 439 g/mol. The molecule has 33 heavy (non-hydrogen) atoms. The van der Waals surface area contributed by atoms with Crippen LogP contribution in [0, 0.1) is 11.3 Å². The molecule has 4 rings (SSSR count). The summed E-state index contributed by atoms with van der Waals surface area (Å²) in [7, 11) is 1.64. The number of hydrogen-bond donors (Lipinski definition) is 2. The number of rotatable bonds is 9. The number of nitrogens with one attached hydrogen (secondary N) is 2. The molecule has 1 unspecified atom stereocenters. The van der Waals surface area contributed by atoms with Gasteiger partial charge in [-0.2, -0.15) is 5.26 Å². The van der Waals surface area contributed by atoms with Crippen molar-refractivity contribution < 1.29 is 14.3 Å². The maximum Gasteiger partial charge on any atom is 0.257 e. The quantitative estimate of drug-likeness (QED) is 0.400. The number of aromatic nitrogens is 1. The molecule has 1 heterocycles. The van der Waals surface area contributed by atoms with Gasteiger partial charge in [0, 0.05) is 29.6 Å². The Hall–Kier alpha value is -4.24. The summed E-state index contributed by atoms with van der Waals surface area (Å²) in [6.45, 7) is 0.346. The summed E-state index contributed by atoms with van der Waals surface area (Å²) in [5.41, 5.74) is 4.16. The van der Waals surface area contributed by atoms with Crippen LogP contribution in [-0.4, -0.2) is 31.2 Å². The fourth-order valence-corrected chi connectivity index (χ4v) is 3.84. The van der Waals surface area contributed by atoms with E-state index in [1.807, 2.05) is 60.8 Å². The third-order valence-electron chi connectivity index (χ3n) is 5.59. The smallest absolute Gasteiger partial charge is 0.257 e. The molecule has 3 aromatic carbocycles. The van der Waals surface area contributed by atoms with E-state index in [9.17, 15) is 4.79 Å². The van der Waals surface area contributed by atoms with Crippen molar-refractivity contribution in [1.29, 1.82) is 5.26 Å². The molecule has 6 heteroatoms. The second-order valence-electron chi connectivity index (χ2n) is 7.69. The highest BCUT2D eigenvalue weighted by atomic mass is 16.5. The van der Waals surface area contributed by atoms with Crippen molar-refractivity contribution in [3.05, 3.63) is 95.7 Å². The summed E-state index contributed by atoms with van der Waals surface area (Å²) >= 11 is 0. The van der Waals surface area contributed by atoms with Gasteiger partial charge in [0.15, 0.2) is 6.61 Å². The van der Waals surface area contributed by atoms with E-state index >= 15 is 0 Å². The van der Waals surface area contributed by atoms with Gasteiger partial charge in [-0.05, 0) is 47.0 Å². The number of H-pyrrole nitrogens is 1. The highest BCUT2D eigenvalue weighted by Crippen LogP contribution is 2.31. The zero-order chi connectivity index (χ0) is 23.0. The summed E-state index contributed by atoms with van der Waals surface area (Å²) in [5.74, 6) is 1.14. The minimum Gasteiger partial charge on any atom is -0.497 e. The number of carbonyl (C=O) groups is 1. The first kappa shape index (κ1) is 22.0. The van der Waals surface area contributed by atoms with Gasteiger partial charge < -0.3 is 19.8 Å². The van der Waals surface area contributed by atoms with Crippen molar-refractivity contribution in [3.8, 4) is 17.6 Å². The van der Waals surface area contributed by atoms with Gasteiger partial charge in [-0.25, -0.2) is 0 Å². The van der Waals surface area contributed by atoms with Crippen molar-refractivity contribution in [2.24, 2.45) is 0 Å². The Morgan fingerprint density at radius 3 is 2.48 bits per heavy atom. The van der Waals surface area contributed by atoms with Gasteiger partial charge in [0.05, 0.1) is 19.6 Å². The lowest BCUT2D eigenvalue weighted by atomic mass is 9.91. The molecule has 1 amide bonds. The van der Waals surface area contributed by atoms with Crippen LogP contribution in [0.25, 0.3) is 10.9 Å². The Balaban J connectivity index is 1.46. The van der Waals surface area contributed by atoms with Crippen LogP contribution in [0.1, 0.15) is 22.6 Å². The van der Waals surface area contributed by atoms with Gasteiger partial charge in [0.2, 0.25) is 0 Å². The Morgan fingerprint density at radius 2 is 1.76 bits per heavy atom. The molecule has 0 saturated heterocycles. The van der Waals surface area contributed by atoms with E-state index in [0.717, 1.165) is 33.3 Å². The number of carbonyl (C=O) groups excluding carboxylic acids is 1. The number of methoxy groups -OCH3 is 1. The highest BCUT2D eigenvalue weighted by molar-refractivity contribution is 5.84. The van der Waals surface area contributed by atoms with Crippen LogP contribution in [0.15, 0.2) is 79.0 Å². The number of fused-ring (bicyclic) bond motifs is 1. The maximum absolute atomic E-state index is 12.5. The third kappa shape index (κ3) is 5.34. The second-order valence-corrected chi connectivity index (χ2v) is 7.69. The van der Waals surface area contributed by atoms with Gasteiger partial charge in [-0.15, -0.1) is 0 Å². The average Bonchev–Trinajstić information content (AvgIpc) is 3.28. The Morgan fingerprint density at radius 1 is 1.03 bits per heavy atom. The van der Waals surface area contributed by atoms with Crippen LogP contribution in [0.3, 0.4) is 0 Å². The summed E-state index contributed by atoms with van der Waals surface area (Å²) < 4.78 is 10.9. The van der Waals surface area contributed by atoms with Gasteiger partial charge in [0.1, 0.15) is 11.5 Å². The van der Waals surface area contributed by atoms with Crippen molar-refractivity contribution in [1.82, 2.24) is 10.3 Å². The lowest BCUT2D eigenvalue weighted by Gasteiger charge is -2.19. The Labute approximate surface area is 192 Å². The first-order chi connectivity index (χ1) is 16.2. The summed E-state index contributed by atoms with van der Waals surface area (Å²) in [4.78, 5) is 15.9. The van der Waals surface area contributed by atoms with Gasteiger partial charge in [-0.1, -0.05) is 42.5 Å². The largest absolute Gasteiger partial charge is 0.497 e.